The molecule has 1 amide bonds. The Morgan fingerprint density at radius 1 is 0.917 bits per heavy atom. The van der Waals surface area contributed by atoms with Crippen molar-refractivity contribution in [3.8, 4) is 0 Å². The van der Waals surface area contributed by atoms with Gasteiger partial charge < -0.3 is 20.4 Å². The quantitative estimate of drug-likeness (QED) is 0.353. The molecule has 0 aliphatic carbocycles. The molecule has 0 unspecified atom stereocenters. The number of carbonyl (C=O) groups is 2. The molecule has 0 bridgehead atoms. The molecule has 142 valence electrons. The fraction of sp³-hybridized carbons (Fsp3) is 0.889. The lowest BCUT2D eigenvalue weighted by Gasteiger charge is -2.21. The number of aliphatic carboxylic acids is 1. The van der Waals surface area contributed by atoms with Gasteiger partial charge in [0.2, 0.25) is 5.91 Å². The molecule has 0 heterocycles. The van der Waals surface area contributed by atoms with Crippen LogP contribution in [0.3, 0.4) is 0 Å². The highest BCUT2D eigenvalue weighted by Gasteiger charge is 2.15. The number of carboxylic acids is 1. The van der Waals surface area contributed by atoms with Crippen LogP contribution in [0.2, 0.25) is 0 Å². The standard InChI is InChI=1S/C18H36N2O4/c1-2-3-4-5-6-7-8-9-10-11-17(22)20(16-18(23)24)14-12-19-13-15-21/h19,21H,2-16H2,1H3,(H,23,24). The van der Waals surface area contributed by atoms with E-state index in [4.69, 9.17) is 10.2 Å². The number of hydrogen-bond acceptors (Lipinski definition) is 4. The average molecular weight is 344 g/mol. The van der Waals surface area contributed by atoms with E-state index in [-0.39, 0.29) is 19.1 Å². The molecule has 0 radical (unpaired) electrons. The molecular weight excluding hydrogens is 308 g/mol. The van der Waals surface area contributed by atoms with Crippen LogP contribution < -0.4 is 5.32 Å². The number of unbranched alkanes of at least 4 members (excludes halogenated alkanes) is 8. The summed E-state index contributed by atoms with van der Waals surface area (Å²) in [7, 11) is 0. The van der Waals surface area contributed by atoms with Crippen LogP contribution in [0.15, 0.2) is 0 Å². The van der Waals surface area contributed by atoms with Crippen molar-refractivity contribution in [3.05, 3.63) is 0 Å². The third-order valence-corrected chi connectivity index (χ3v) is 4.02. The van der Waals surface area contributed by atoms with E-state index < -0.39 is 5.97 Å². The Hall–Kier alpha value is -1.14. The fourth-order valence-corrected chi connectivity index (χ4v) is 2.62. The van der Waals surface area contributed by atoms with Crippen molar-refractivity contribution < 1.29 is 19.8 Å². The van der Waals surface area contributed by atoms with Gasteiger partial charge in [-0.25, -0.2) is 0 Å². The van der Waals surface area contributed by atoms with Crippen molar-refractivity contribution in [2.75, 3.05) is 32.8 Å². The van der Waals surface area contributed by atoms with E-state index in [0.29, 0.717) is 26.1 Å². The number of aliphatic hydroxyl groups excluding tert-OH is 1. The van der Waals surface area contributed by atoms with Crippen molar-refractivity contribution in [3.63, 3.8) is 0 Å². The average Bonchev–Trinajstić information content (AvgIpc) is 2.55. The highest BCUT2D eigenvalue weighted by Crippen LogP contribution is 2.11. The van der Waals surface area contributed by atoms with Crippen LogP contribution >= 0.6 is 0 Å². The van der Waals surface area contributed by atoms with E-state index >= 15 is 0 Å². The molecule has 6 nitrogen and oxygen atoms in total. The number of rotatable bonds is 17. The Morgan fingerprint density at radius 3 is 2.04 bits per heavy atom. The predicted molar refractivity (Wildman–Crippen MR) is 96.0 cm³/mol. The zero-order valence-corrected chi connectivity index (χ0v) is 15.3. The summed E-state index contributed by atoms with van der Waals surface area (Å²) < 4.78 is 0. The van der Waals surface area contributed by atoms with Gasteiger partial charge in [-0.15, -0.1) is 0 Å². The molecule has 0 saturated heterocycles. The number of carboxylic acid groups (broad SMARTS) is 1. The Morgan fingerprint density at radius 2 is 1.50 bits per heavy atom. The number of aliphatic hydroxyl groups is 1. The predicted octanol–water partition coefficient (Wildman–Crippen LogP) is 2.40. The SMILES string of the molecule is CCCCCCCCCCCC(=O)N(CCNCCO)CC(=O)O. The Kier molecular flexibility index (Phi) is 15.9. The molecular formula is C18H36N2O4. The van der Waals surface area contributed by atoms with Gasteiger partial charge in [-0.1, -0.05) is 58.3 Å². The minimum atomic E-state index is -0.988. The van der Waals surface area contributed by atoms with Gasteiger partial charge in [0.1, 0.15) is 6.54 Å². The highest BCUT2D eigenvalue weighted by molar-refractivity contribution is 5.81. The smallest absolute Gasteiger partial charge is 0.323 e. The van der Waals surface area contributed by atoms with Gasteiger partial charge >= 0.3 is 5.97 Å². The van der Waals surface area contributed by atoms with Crippen LogP contribution in [0.5, 0.6) is 0 Å². The molecule has 0 aromatic heterocycles. The van der Waals surface area contributed by atoms with Crippen molar-refractivity contribution in [1.82, 2.24) is 10.2 Å². The van der Waals surface area contributed by atoms with E-state index in [9.17, 15) is 9.59 Å². The third kappa shape index (κ3) is 14.5. The second-order valence-corrected chi connectivity index (χ2v) is 6.26. The molecule has 0 fully saturated rings. The largest absolute Gasteiger partial charge is 0.480 e. The molecule has 0 aliphatic heterocycles. The number of hydrogen-bond donors (Lipinski definition) is 3. The summed E-state index contributed by atoms with van der Waals surface area (Å²) in [5, 5.41) is 20.6. The van der Waals surface area contributed by atoms with Gasteiger partial charge in [0, 0.05) is 26.1 Å². The van der Waals surface area contributed by atoms with Crippen molar-refractivity contribution in [2.45, 2.75) is 71.1 Å². The zero-order chi connectivity index (χ0) is 18.0. The summed E-state index contributed by atoms with van der Waals surface area (Å²) >= 11 is 0. The summed E-state index contributed by atoms with van der Waals surface area (Å²) in [6, 6.07) is 0. The van der Waals surface area contributed by atoms with Gasteiger partial charge in [-0.05, 0) is 6.42 Å². The lowest BCUT2D eigenvalue weighted by molar-refractivity contribution is -0.144. The maximum absolute atomic E-state index is 12.1. The minimum Gasteiger partial charge on any atom is -0.480 e. The molecule has 6 heteroatoms. The van der Waals surface area contributed by atoms with Gasteiger partial charge in [0.15, 0.2) is 0 Å². The zero-order valence-electron chi connectivity index (χ0n) is 15.3. The summed E-state index contributed by atoms with van der Waals surface area (Å²) in [6.45, 7) is 3.31. The van der Waals surface area contributed by atoms with E-state index in [1.807, 2.05) is 0 Å². The maximum Gasteiger partial charge on any atom is 0.323 e. The van der Waals surface area contributed by atoms with E-state index in [0.717, 1.165) is 19.3 Å². The molecule has 0 aliphatic rings. The Bertz CT molecular complexity index is 324. The molecule has 0 atom stereocenters. The maximum atomic E-state index is 12.1. The number of nitrogens with one attached hydrogen (secondary N) is 1. The summed E-state index contributed by atoms with van der Waals surface area (Å²) in [5.41, 5.74) is 0. The molecule has 0 aromatic rings. The molecule has 0 saturated carbocycles. The fourth-order valence-electron chi connectivity index (χ4n) is 2.62. The molecule has 0 rings (SSSR count). The first kappa shape index (κ1) is 22.9. The van der Waals surface area contributed by atoms with E-state index in [2.05, 4.69) is 12.2 Å². The highest BCUT2D eigenvalue weighted by atomic mass is 16.4. The Balaban J connectivity index is 3.78. The van der Waals surface area contributed by atoms with Crippen molar-refractivity contribution in [2.24, 2.45) is 0 Å². The lowest BCUT2D eigenvalue weighted by Crippen LogP contribution is -2.40. The van der Waals surface area contributed by atoms with E-state index in [1.54, 1.807) is 0 Å². The van der Waals surface area contributed by atoms with Crippen LogP contribution in [-0.4, -0.2) is 59.8 Å². The molecule has 0 aromatic carbocycles. The van der Waals surface area contributed by atoms with Crippen molar-refractivity contribution >= 4 is 11.9 Å². The topological polar surface area (TPSA) is 89.9 Å². The second-order valence-electron chi connectivity index (χ2n) is 6.26. The summed E-state index contributed by atoms with van der Waals surface area (Å²) in [5.74, 6) is -1.08. The second kappa shape index (κ2) is 16.7. The Labute approximate surface area is 146 Å². The lowest BCUT2D eigenvalue weighted by atomic mass is 10.1. The first-order valence-electron chi connectivity index (χ1n) is 9.43. The normalized spacial score (nSPS) is 10.8. The van der Waals surface area contributed by atoms with Gasteiger partial charge in [0.05, 0.1) is 6.61 Å². The van der Waals surface area contributed by atoms with Crippen LogP contribution in [0, 0.1) is 0 Å². The minimum absolute atomic E-state index is 0.0331. The van der Waals surface area contributed by atoms with Crippen LogP contribution in [0.25, 0.3) is 0 Å². The van der Waals surface area contributed by atoms with Gasteiger partial charge in [-0.2, -0.15) is 0 Å². The first-order valence-corrected chi connectivity index (χ1v) is 9.43. The summed E-state index contributed by atoms with van der Waals surface area (Å²) in [4.78, 5) is 24.4. The molecule has 0 spiro atoms. The number of amides is 1. The summed E-state index contributed by atoms with van der Waals surface area (Å²) in [6.07, 6.45) is 11.1. The number of carbonyl (C=O) groups excluding carboxylic acids is 1. The van der Waals surface area contributed by atoms with Crippen molar-refractivity contribution in [1.29, 1.82) is 0 Å². The third-order valence-electron chi connectivity index (χ3n) is 4.02. The van der Waals surface area contributed by atoms with Gasteiger partial charge in [-0.3, -0.25) is 9.59 Å². The van der Waals surface area contributed by atoms with Crippen LogP contribution in [0.1, 0.15) is 71.1 Å². The monoisotopic (exact) mass is 344 g/mol. The van der Waals surface area contributed by atoms with Crippen LogP contribution in [0.4, 0.5) is 0 Å². The van der Waals surface area contributed by atoms with E-state index in [1.165, 1.54) is 43.4 Å². The van der Waals surface area contributed by atoms with Gasteiger partial charge in [0.25, 0.3) is 0 Å². The number of nitrogens with zero attached hydrogens (tertiary/aromatic N) is 1. The molecule has 24 heavy (non-hydrogen) atoms. The van der Waals surface area contributed by atoms with Crippen LogP contribution in [-0.2, 0) is 9.59 Å². The molecule has 3 N–H and O–H groups in total. The first-order chi connectivity index (χ1) is 11.6.